The minimum absolute atomic E-state index is 0.271. The third-order valence-corrected chi connectivity index (χ3v) is 6.13. The fourth-order valence-electron chi connectivity index (χ4n) is 1.46. The molecule has 0 aliphatic carbocycles. The quantitative estimate of drug-likeness (QED) is 0.565. The maximum atomic E-state index is 5.52. The summed E-state index contributed by atoms with van der Waals surface area (Å²) in [5, 5.41) is 2.01. The van der Waals surface area contributed by atoms with Crippen LogP contribution in [0.2, 0.25) is 0 Å². The smallest absolute Gasteiger partial charge is 0.0640 e. The molecule has 3 N–H and O–H groups in total. The molecule has 1 fully saturated rings. The summed E-state index contributed by atoms with van der Waals surface area (Å²) in [4.78, 5) is 0. The van der Waals surface area contributed by atoms with Gasteiger partial charge in [-0.05, 0) is 0 Å². The molecule has 0 radical (unpaired) electrons. The predicted octanol–water partition coefficient (Wildman–Crippen LogP) is 1.09. The molecule has 1 aliphatic heterocycles. The van der Waals surface area contributed by atoms with Gasteiger partial charge in [0.2, 0.25) is 0 Å². The number of rotatable bonds is 4. The van der Waals surface area contributed by atoms with Crippen LogP contribution < -0.4 is 11.3 Å². The van der Waals surface area contributed by atoms with E-state index in [-0.39, 0.29) is 6.04 Å². The van der Waals surface area contributed by atoms with E-state index in [1.807, 2.05) is 23.5 Å². The maximum Gasteiger partial charge on any atom is 0.0640 e. The van der Waals surface area contributed by atoms with Gasteiger partial charge in [-0.25, -0.2) is 0 Å². The minimum Gasteiger partial charge on any atom is -0.383 e. The van der Waals surface area contributed by atoms with Crippen LogP contribution in [0.1, 0.15) is 13.8 Å². The van der Waals surface area contributed by atoms with Crippen molar-refractivity contribution in [2.45, 2.75) is 35.6 Å². The summed E-state index contributed by atoms with van der Waals surface area (Å²) in [6.07, 6.45) is 0. The lowest BCUT2D eigenvalue weighted by atomic mass is 10.2. The second kappa shape index (κ2) is 6.23. The highest BCUT2D eigenvalue weighted by molar-refractivity contribution is 8.07. The average molecular weight is 236 g/mol. The fraction of sp³-hybridized carbons (Fsp3) is 1.00. The van der Waals surface area contributed by atoms with Gasteiger partial charge in [-0.2, -0.15) is 23.5 Å². The molecule has 0 spiro atoms. The Labute approximate surface area is 94.9 Å². The Morgan fingerprint density at radius 2 is 2.21 bits per heavy atom. The van der Waals surface area contributed by atoms with Gasteiger partial charge in [0.15, 0.2) is 0 Å². The van der Waals surface area contributed by atoms with Crippen molar-refractivity contribution in [1.82, 2.24) is 5.43 Å². The molecule has 4 atom stereocenters. The summed E-state index contributed by atoms with van der Waals surface area (Å²) in [7, 11) is 1.72. The van der Waals surface area contributed by atoms with E-state index >= 15 is 0 Å². The van der Waals surface area contributed by atoms with Crippen LogP contribution in [0.25, 0.3) is 0 Å². The van der Waals surface area contributed by atoms with Gasteiger partial charge in [-0.15, -0.1) is 0 Å². The molecule has 0 bridgehead atoms. The zero-order valence-electron chi connectivity index (χ0n) is 9.03. The Bertz CT molecular complexity index is 171. The molecule has 1 rings (SSSR count). The van der Waals surface area contributed by atoms with Crippen LogP contribution in [0.15, 0.2) is 0 Å². The fourth-order valence-corrected chi connectivity index (χ4v) is 4.56. The Hall–Kier alpha value is 0.580. The maximum absolute atomic E-state index is 5.52. The Morgan fingerprint density at radius 3 is 2.71 bits per heavy atom. The number of ether oxygens (including phenoxy) is 1. The first-order chi connectivity index (χ1) is 6.69. The van der Waals surface area contributed by atoms with Crippen molar-refractivity contribution in [3.8, 4) is 0 Å². The van der Waals surface area contributed by atoms with E-state index in [0.29, 0.717) is 17.1 Å². The zero-order valence-corrected chi connectivity index (χ0v) is 10.7. The van der Waals surface area contributed by atoms with E-state index in [1.165, 1.54) is 0 Å². The van der Waals surface area contributed by atoms with E-state index < -0.39 is 0 Å². The van der Waals surface area contributed by atoms with Gasteiger partial charge in [-0.1, -0.05) is 13.8 Å². The molecule has 84 valence electrons. The standard InChI is InChI=1S/C9H20N2OS2/c1-6-7(2)14-9(5-13-6)8(11-10)4-12-3/h6-9,11H,4-5,10H2,1-3H3. The van der Waals surface area contributed by atoms with Crippen LogP contribution in [0.4, 0.5) is 0 Å². The topological polar surface area (TPSA) is 47.3 Å². The second-order valence-electron chi connectivity index (χ2n) is 3.65. The molecular formula is C9H20N2OS2. The molecule has 0 aromatic heterocycles. The van der Waals surface area contributed by atoms with Crippen LogP contribution in [-0.2, 0) is 4.74 Å². The summed E-state index contributed by atoms with van der Waals surface area (Å²) in [6.45, 7) is 5.27. The van der Waals surface area contributed by atoms with Crippen molar-refractivity contribution >= 4 is 23.5 Å². The molecule has 14 heavy (non-hydrogen) atoms. The SMILES string of the molecule is COCC(NN)C1CSC(C)C(C)S1. The molecule has 0 aromatic rings. The van der Waals surface area contributed by atoms with Crippen LogP contribution >= 0.6 is 23.5 Å². The van der Waals surface area contributed by atoms with Crippen LogP contribution in [0.3, 0.4) is 0 Å². The lowest BCUT2D eigenvalue weighted by Crippen LogP contribution is -2.49. The summed E-state index contributed by atoms with van der Waals surface area (Å²) in [5.41, 5.74) is 2.85. The first-order valence-electron chi connectivity index (χ1n) is 4.91. The summed E-state index contributed by atoms with van der Waals surface area (Å²) < 4.78 is 5.15. The molecular weight excluding hydrogens is 216 g/mol. The largest absolute Gasteiger partial charge is 0.383 e. The predicted molar refractivity (Wildman–Crippen MR) is 65.7 cm³/mol. The lowest BCUT2D eigenvalue weighted by molar-refractivity contribution is 0.167. The Balaban J connectivity index is 2.43. The number of hydrazine groups is 1. The van der Waals surface area contributed by atoms with E-state index in [2.05, 4.69) is 19.3 Å². The number of hydrogen-bond donors (Lipinski definition) is 2. The van der Waals surface area contributed by atoms with Crippen molar-refractivity contribution in [3.05, 3.63) is 0 Å². The van der Waals surface area contributed by atoms with Gasteiger partial charge in [0.05, 0.1) is 12.6 Å². The molecule has 1 heterocycles. The summed E-state index contributed by atoms with van der Waals surface area (Å²) in [5.74, 6) is 6.68. The number of methoxy groups -OCH3 is 1. The normalized spacial score (nSPS) is 35.6. The minimum atomic E-state index is 0.271. The highest BCUT2D eigenvalue weighted by atomic mass is 32.2. The summed E-state index contributed by atoms with van der Waals surface area (Å²) >= 11 is 4.06. The van der Waals surface area contributed by atoms with Gasteiger partial charge in [-0.3, -0.25) is 11.3 Å². The molecule has 0 saturated carbocycles. The van der Waals surface area contributed by atoms with Gasteiger partial charge in [0.25, 0.3) is 0 Å². The van der Waals surface area contributed by atoms with Gasteiger partial charge in [0.1, 0.15) is 0 Å². The monoisotopic (exact) mass is 236 g/mol. The van der Waals surface area contributed by atoms with Crippen molar-refractivity contribution in [2.75, 3.05) is 19.5 Å². The Kier molecular flexibility index (Phi) is 5.62. The van der Waals surface area contributed by atoms with E-state index in [0.717, 1.165) is 11.0 Å². The molecule has 0 amide bonds. The first-order valence-corrected chi connectivity index (χ1v) is 6.90. The summed E-state index contributed by atoms with van der Waals surface area (Å²) in [6, 6.07) is 0.271. The van der Waals surface area contributed by atoms with Crippen molar-refractivity contribution in [1.29, 1.82) is 0 Å². The highest BCUT2D eigenvalue weighted by Crippen LogP contribution is 2.36. The van der Waals surface area contributed by atoms with E-state index in [4.69, 9.17) is 10.6 Å². The third-order valence-electron chi connectivity index (χ3n) is 2.58. The van der Waals surface area contributed by atoms with E-state index in [1.54, 1.807) is 7.11 Å². The number of thioether (sulfide) groups is 2. The second-order valence-corrected chi connectivity index (χ2v) is 6.68. The van der Waals surface area contributed by atoms with Gasteiger partial charge < -0.3 is 4.74 Å². The Morgan fingerprint density at radius 1 is 1.50 bits per heavy atom. The van der Waals surface area contributed by atoms with E-state index in [9.17, 15) is 0 Å². The third kappa shape index (κ3) is 3.31. The van der Waals surface area contributed by atoms with Gasteiger partial charge >= 0.3 is 0 Å². The number of hydrogen-bond acceptors (Lipinski definition) is 5. The molecule has 4 unspecified atom stereocenters. The van der Waals surface area contributed by atoms with Gasteiger partial charge in [0, 0.05) is 28.6 Å². The first kappa shape index (κ1) is 12.6. The van der Waals surface area contributed by atoms with Crippen LogP contribution in [0.5, 0.6) is 0 Å². The molecule has 5 heteroatoms. The van der Waals surface area contributed by atoms with Crippen LogP contribution in [-0.4, -0.2) is 41.3 Å². The van der Waals surface area contributed by atoms with Crippen LogP contribution in [0, 0.1) is 0 Å². The highest BCUT2D eigenvalue weighted by Gasteiger charge is 2.30. The van der Waals surface area contributed by atoms with Crippen molar-refractivity contribution in [3.63, 3.8) is 0 Å². The molecule has 1 aliphatic rings. The average Bonchev–Trinajstić information content (AvgIpc) is 2.19. The number of nitrogens with two attached hydrogens (primary N) is 1. The zero-order chi connectivity index (χ0) is 10.6. The number of nitrogens with one attached hydrogen (secondary N) is 1. The molecule has 3 nitrogen and oxygen atoms in total. The molecule has 1 saturated heterocycles. The molecule has 0 aromatic carbocycles. The van der Waals surface area contributed by atoms with Crippen molar-refractivity contribution < 1.29 is 4.74 Å². The van der Waals surface area contributed by atoms with Crippen molar-refractivity contribution in [2.24, 2.45) is 5.84 Å². The lowest BCUT2D eigenvalue weighted by Gasteiger charge is -2.35.